The number of nitrogens with zero attached hydrogens (tertiary/aromatic N) is 2. The van der Waals surface area contributed by atoms with Crippen LogP contribution in [0.5, 0.6) is 0 Å². The topological polar surface area (TPSA) is 137 Å². The first kappa shape index (κ1) is 9.92. The molecule has 14 heavy (non-hydrogen) atoms. The van der Waals surface area contributed by atoms with Gasteiger partial charge in [-0.3, -0.25) is 15.0 Å². The number of nitrogen functional groups attached to an aromatic ring is 1. The van der Waals surface area contributed by atoms with Crippen molar-refractivity contribution in [2.75, 3.05) is 5.32 Å². The Labute approximate surface area is 77.4 Å². The maximum Gasteiger partial charge on any atom is 0.314 e. The second-order valence-electron chi connectivity index (χ2n) is 2.28. The molecule has 0 bridgehead atoms. The molecule has 0 fully saturated rings. The predicted octanol–water partition coefficient (Wildman–Crippen LogP) is -2.13. The Morgan fingerprint density at radius 2 is 2.29 bits per heavy atom. The second-order valence-corrected chi connectivity index (χ2v) is 2.28. The summed E-state index contributed by atoms with van der Waals surface area (Å²) in [6, 6.07) is 0. The van der Waals surface area contributed by atoms with Gasteiger partial charge in [0, 0.05) is 6.92 Å². The Bertz CT molecular complexity index is 372. The zero-order chi connectivity index (χ0) is 10.7. The lowest BCUT2D eigenvalue weighted by Crippen LogP contribution is -2.34. The minimum Gasteiger partial charge on any atom is -0.391 e. The summed E-state index contributed by atoms with van der Waals surface area (Å²) in [6.07, 6.45) is 0. The van der Waals surface area contributed by atoms with Crippen LogP contribution in [0.15, 0.2) is 4.63 Å². The van der Waals surface area contributed by atoms with Gasteiger partial charge in [0.1, 0.15) is 0 Å². The van der Waals surface area contributed by atoms with E-state index in [1.807, 2.05) is 0 Å². The Morgan fingerprint density at radius 1 is 1.64 bits per heavy atom. The highest BCUT2D eigenvalue weighted by molar-refractivity contribution is 5.99. The molecule has 76 valence electrons. The smallest absolute Gasteiger partial charge is 0.314 e. The Hall–Kier alpha value is -2.16. The summed E-state index contributed by atoms with van der Waals surface area (Å²) in [5, 5.41) is 16.0. The number of hydrazine groups is 1. The van der Waals surface area contributed by atoms with Crippen LogP contribution in [0.4, 0.5) is 5.82 Å². The van der Waals surface area contributed by atoms with E-state index in [0.29, 0.717) is 0 Å². The van der Waals surface area contributed by atoms with Crippen molar-refractivity contribution in [1.82, 2.24) is 10.6 Å². The molecule has 9 nitrogen and oxygen atoms in total. The molecule has 1 aromatic heterocycles. The van der Waals surface area contributed by atoms with Crippen LogP contribution in [0, 0.1) is 5.21 Å². The number of carbonyl (C=O) groups excluding carboxylic acids is 2. The molecule has 0 saturated heterocycles. The number of hydrogen-bond acceptors (Lipinski definition) is 6. The first-order valence-corrected chi connectivity index (χ1v) is 3.44. The fraction of sp³-hybridized carbons (Fsp3) is 0.200. The molecule has 1 heterocycles. The average molecular weight is 201 g/mol. The number of amides is 2. The number of hydrogen-bond donors (Lipinski definition) is 3. The van der Waals surface area contributed by atoms with Crippen LogP contribution in [0.25, 0.3) is 0 Å². The summed E-state index contributed by atoms with van der Waals surface area (Å²) < 4.78 is 4.10. The van der Waals surface area contributed by atoms with Gasteiger partial charge in [-0.25, -0.2) is 11.2 Å². The lowest BCUT2D eigenvalue weighted by Gasteiger charge is -1.96. The van der Waals surface area contributed by atoms with Crippen LogP contribution < -0.4 is 21.5 Å². The molecule has 0 unspecified atom stereocenters. The molecular weight excluding hydrogens is 194 g/mol. The molecule has 0 spiro atoms. The van der Waals surface area contributed by atoms with Crippen molar-refractivity contribution in [2.45, 2.75) is 6.92 Å². The zero-order valence-electron chi connectivity index (χ0n) is 7.10. The van der Waals surface area contributed by atoms with E-state index in [2.05, 4.69) is 15.1 Å². The molecule has 4 N–H and O–H groups in total. The zero-order valence-corrected chi connectivity index (χ0v) is 7.10. The molecule has 0 aliphatic carbocycles. The summed E-state index contributed by atoms with van der Waals surface area (Å²) in [5.41, 5.74) is 1.35. The van der Waals surface area contributed by atoms with Crippen LogP contribution in [0.3, 0.4) is 0 Å². The fourth-order valence-electron chi connectivity index (χ4n) is 0.737. The van der Waals surface area contributed by atoms with Gasteiger partial charge in [-0.05, 0) is 5.16 Å². The van der Waals surface area contributed by atoms with Gasteiger partial charge in [0.05, 0.1) is 0 Å². The van der Waals surface area contributed by atoms with E-state index in [1.54, 1.807) is 5.43 Å². The van der Waals surface area contributed by atoms with E-state index in [1.165, 1.54) is 0 Å². The number of anilines is 1. The highest BCUT2D eigenvalue weighted by Crippen LogP contribution is 2.06. The van der Waals surface area contributed by atoms with Gasteiger partial charge in [0.15, 0.2) is 0 Å². The minimum atomic E-state index is -0.841. The Balaban J connectivity index is 3.05. The third kappa shape index (κ3) is 1.77. The first-order valence-electron chi connectivity index (χ1n) is 3.44. The third-order valence-electron chi connectivity index (χ3n) is 1.25. The van der Waals surface area contributed by atoms with Gasteiger partial charge in [-0.2, -0.15) is 0 Å². The van der Waals surface area contributed by atoms with Crippen molar-refractivity contribution in [3.05, 3.63) is 10.9 Å². The molecule has 0 aliphatic rings. The molecule has 0 aromatic carbocycles. The summed E-state index contributed by atoms with van der Waals surface area (Å²) in [4.78, 5) is 21.5. The lowest BCUT2D eigenvalue weighted by atomic mass is 10.4. The molecular formula is C5H7N5O4. The highest BCUT2D eigenvalue weighted by atomic mass is 16.8. The molecule has 0 radical (unpaired) electrons. The number of carbonyl (C=O) groups is 2. The molecule has 2 amide bonds. The normalized spacial score (nSPS) is 9.57. The van der Waals surface area contributed by atoms with Crippen molar-refractivity contribution in [2.24, 2.45) is 5.84 Å². The standard InChI is InChI=1S/C5H7N5O4/c1-2(11)7-4-3(5(12)8-6)9-14-10(4)13/h6H2,1H3,(H,7,11)(H,8,12). The lowest BCUT2D eigenvalue weighted by molar-refractivity contribution is -0.790. The Morgan fingerprint density at radius 3 is 2.79 bits per heavy atom. The number of nitrogens with one attached hydrogen (secondary N) is 2. The SMILES string of the molecule is CC(=O)Nc1c(C(=O)NN)no[n+]1[O-]. The van der Waals surface area contributed by atoms with Crippen LogP contribution in [-0.2, 0) is 4.79 Å². The van der Waals surface area contributed by atoms with Crippen molar-refractivity contribution in [3.8, 4) is 0 Å². The number of aromatic nitrogens is 2. The van der Waals surface area contributed by atoms with E-state index in [4.69, 9.17) is 5.84 Å². The monoisotopic (exact) mass is 201 g/mol. The quantitative estimate of drug-likeness (QED) is 0.216. The molecule has 0 saturated carbocycles. The van der Waals surface area contributed by atoms with E-state index in [0.717, 1.165) is 6.92 Å². The third-order valence-corrected chi connectivity index (χ3v) is 1.25. The van der Waals surface area contributed by atoms with Crippen LogP contribution in [-0.4, -0.2) is 17.0 Å². The maximum absolute atomic E-state index is 11.0. The summed E-state index contributed by atoms with van der Waals surface area (Å²) >= 11 is 0. The van der Waals surface area contributed by atoms with Gasteiger partial charge < -0.3 is 9.84 Å². The molecule has 1 rings (SSSR count). The largest absolute Gasteiger partial charge is 0.391 e. The van der Waals surface area contributed by atoms with E-state index >= 15 is 0 Å². The van der Waals surface area contributed by atoms with Gasteiger partial charge >= 0.3 is 11.7 Å². The van der Waals surface area contributed by atoms with Crippen molar-refractivity contribution < 1.29 is 19.1 Å². The summed E-state index contributed by atoms with van der Waals surface area (Å²) in [6.45, 7) is 1.16. The van der Waals surface area contributed by atoms with Gasteiger partial charge in [0.2, 0.25) is 0 Å². The van der Waals surface area contributed by atoms with Gasteiger partial charge in [-0.1, -0.05) is 4.90 Å². The molecule has 1 aromatic rings. The van der Waals surface area contributed by atoms with Crippen molar-refractivity contribution in [3.63, 3.8) is 0 Å². The van der Waals surface area contributed by atoms with Crippen LogP contribution in [0.1, 0.15) is 17.4 Å². The predicted molar refractivity (Wildman–Crippen MR) is 41.4 cm³/mol. The average Bonchev–Trinajstić information content (AvgIpc) is 2.46. The second kappa shape index (κ2) is 3.70. The molecule has 9 heteroatoms. The minimum absolute atomic E-state index is 0.105. The summed E-state index contributed by atoms with van der Waals surface area (Å²) in [5.74, 6) is 3.03. The number of rotatable bonds is 2. The fourth-order valence-corrected chi connectivity index (χ4v) is 0.737. The number of nitrogens with two attached hydrogens (primary N) is 1. The van der Waals surface area contributed by atoms with Gasteiger partial charge in [-0.15, -0.1) is 0 Å². The first-order chi connectivity index (χ1) is 6.56. The molecule has 0 aliphatic heterocycles. The van der Waals surface area contributed by atoms with Crippen LogP contribution >= 0.6 is 0 Å². The van der Waals surface area contributed by atoms with Crippen molar-refractivity contribution in [1.29, 1.82) is 0 Å². The Kier molecular flexibility index (Phi) is 2.62. The van der Waals surface area contributed by atoms with Gasteiger partial charge in [0.25, 0.3) is 11.6 Å². The van der Waals surface area contributed by atoms with Crippen LogP contribution in [0.2, 0.25) is 0 Å². The van der Waals surface area contributed by atoms with E-state index < -0.39 is 23.3 Å². The highest BCUT2D eigenvalue weighted by Gasteiger charge is 2.25. The van der Waals surface area contributed by atoms with E-state index in [-0.39, 0.29) is 4.90 Å². The maximum atomic E-state index is 11.0. The summed E-state index contributed by atoms with van der Waals surface area (Å²) in [7, 11) is 0. The molecule has 0 atom stereocenters. The van der Waals surface area contributed by atoms with E-state index in [9.17, 15) is 14.8 Å². The van der Waals surface area contributed by atoms with Crippen molar-refractivity contribution >= 4 is 17.6 Å².